The molecule has 3 heteroatoms. The summed E-state index contributed by atoms with van der Waals surface area (Å²) < 4.78 is 5.93. The van der Waals surface area contributed by atoms with Crippen LogP contribution in [-0.4, -0.2) is 11.1 Å². The van der Waals surface area contributed by atoms with Gasteiger partial charge in [0.1, 0.15) is 11.5 Å². The van der Waals surface area contributed by atoms with E-state index in [1.54, 1.807) is 0 Å². The lowest BCUT2D eigenvalue weighted by Crippen LogP contribution is -1.93. The molecule has 26 heavy (non-hydrogen) atoms. The highest BCUT2D eigenvalue weighted by Gasteiger charge is 2.02. The zero-order chi connectivity index (χ0) is 18.9. The summed E-state index contributed by atoms with van der Waals surface area (Å²) in [7, 11) is 0. The molecule has 0 saturated heterocycles. The normalized spacial score (nSPS) is 11.1. The molecule has 1 aromatic rings. The fourth-order valence-corrected chi connectivity index (χ4v) is 3.41. The lowest BCUT2D eigenvalue weighted by molar-refractivity contribution is -0.137. The molecule has 1 N–H and O–H groups in total. The first kappa shape index (κ1) is 22.8. The molecule has 0 amide bonds. The van der Waals surface area contributed by atoms with E-state index in [2.05, 4.69) is 19.1 Å². The van der Waals surface area contributed by atoms with E-state index in [-0.39, 0.29) is 0 Å². The van der Waals surface area contributed by atoms with Gasteiger partial charge in [0, 0.05) is 19.3 Å². The molecular weight excluding hydrogens is 324 g/mol. The van der Waals surface area contributed by atoms with Crippen LogP contribution in [0.4, 0.5) is 0 Å². The number of aliphatic carboxylic acids is 1. The molecule has 0 spiro atoms. The third-order valence-corrected chi connectivity index (χ3v) is 5.06. The summed E-state index contributed by atoms with van der Waals surface area (Å²) in [4.78, 5) is 10.4. The molecule has 0 atom stereocenters. The third-order valence-electron chi connectivity index (χ3n) is 5.06. The zero-order valence-electron chi connectivity index (χ0n) is 16.9. The Morgan fingerprint density at radius 2 is 1.15 bits per heavy atom. The van der Waals surface area contributed by atoms with Crippen LogP contribution in [0.2, 0.25) is 0 Å². The SMILES string of the molecule is CCCCCCc1ccc(CCCCCCCCCCCCC(=O)O)o1. The van der Waals surface area contributed by atoms with E-state index < -0.39 is 5.97 Å². The fraction of sp³-hybridized carbons (Fsp3) is 0.783. The molecule has 1 rings (SSSR count). The Morgan fingerprint density at radius 1 is 0.731 bits per heavy atom. The minimum Gasteiger partial charge on any atom is -0.481 e. The molecular formula is C23H40O3. The van der Waals surface area contributed by atoms with E-state index in [4.69, 9.17) is 9.52 Å². The molecule has 3 nitrogen and oxygen atoms in total. The minimum atomic E-state index is -0.664. The lowest BCUT2D eigenvalue weighted by atomic mass is 10.0. The van der Waals surface area contributed by atoms with E-state index in [0.29, 0.717) is 6.42 Å². The average molecular weight is 365 g/mol. The smallest absolute Gasteiger partial charge is 0.303 e. The number of furan rings is 1. The summed E-state index contributed by atoms with van der Waals surface area (Å²) in [6, 6.07) is 4.33. The van der Waals surface area contributed by atoms with Crippen molar-refractivity contribution in [2.75, 3.05) is 0 Å². The Balaban J connectivity index is 1.87. The third kappa shape index (κ3) is 13.0. The average Bonchev–Trinajstić information content (AvgIpc) is 3.07. The number of carboxylic acids is 1. The van der Waals surface area contributed by atoms with E-state index in [9.17, 15) is 4.79 Å². The van der Waals surface area contributed by atoms with Crippen LogP contribution in [0.5, 0.6) is 0 Å². The predicted molar refractivity (Wildman–Crippen MR) is 109 cm³/mol. The van der Waals surface area contributed by atoms with Gasteiger partial charge in [-0.1, -0.05) is 77.6 Å². The van der Waals surface area contributed by atoms with Crippen LogP contribution in [-0.2, 0) is 17.6 Å². The van der Waals surface area contributed by atoms with Gasteiger partial charge in [-0.2, -0.15) is 0 Å². The maximum atomic E-state index is 10.4. The van der Waals surface area contributed by atoms with Crippen molar-refractivity contribution < 1.29 is 14.3 Å². The number of carboxylic acid groups (broad SMARTS) is 1. The molecule has 0 aromatic carbocycles. The van der Waals surface area contributed by atoms with E-state index in [0.717, 1.165) is 31.4 Å². The molecule has 0 saturated carbocycles. The molecule has 0 aliphatic rings. The minimum absolute atomic E-state index is 0.329. The maximum Gasteiger partial charge on any atom is 0.303 e. The van der Waals surface area contributed by atoms with Crippen molar-refractivity contribution >= 4 is 5.97 Å². The molecule has 0 aliphatic carbocycles. The molecule has 1 aromatic heterocycles. The number of rotatable bonds is 18. The number of unbranched alkanes of at least 4 members (excludes halogenated alkanes) is 12. The van der Waals surface area contributed by atoms with Gasteiger partial charge in [0.15, 0.2) is 0 Å². The van der Waals surface area contributed by atoms with Crippen molar-refractivity contribution in [3.63, 3.8) is 0 Å². The molecule has 1 heterocycles. The van der Waals surface area contributed by atoms with Gasteiger partial charge in [0.25, 0.3) is 0 Å². The van der Waals surface area contributed by atoms with Crippen LogP contribution in [0.1, 0.15) is 115 Å². The van der Waals surface area contributed by atoms with Gasteiger partial charge in [-0.15, -0.1) is 0 Å². The fourth-order valence-electron chi connectivity index (χ4n) is 3.41. The highest BCUT2D eigenvalue weighted by Crippen LogP contribution is 2.16. The van der Waals surface area contributed by atoms with Crippen LogP contribution in [0.15, 0.2) is 16.5 Å². The monoisotopic (exact) mass is 364 g/mol. The lowest BCUT2D eigenvalue weighted by Gasteiger charge is -2.02. The van der Waals surface area contributed by atoms with E-state index in [1.807, 2.05) is 0 Å². The summed E-state index contributed by atoms with van der Waals surface area (Å²) >= 11 is 0. The number of hydrogen-bond donors (Lipinski definition) is 1. The first-order valence-electron chi connectivity index (χ1n) is 11.0. The Hall–Kier alpha value is -1.25. The van der Waals surface area contributed by atoms with Crippen LogP contribution < -0.4 is 0 Å². The highest BCUT2D eigenvalue weighted by atomic mass is 16.4. The first-order chi connectivity index (χ1) is 12.7. The van der Waals surface area contributed by atoms with Crippen molar-refractivity contribution in [3.8, 4) is 0 Å². The predicted octanol–water partition coefficient (Wildman–Crippen LogP) is 7.32. The van der Waals surface area contributed by atoms with Crippen molar-refractivity contribution in [1.82, 2.24) is 0 Å². The molecule has 150 valence electrons. The number of aryl methyl sites for hydroxylation is 2. The summed E-state index contributed by atoms with van der Waals surface area (Å²) in [5, 5.41) is 8.58. The van der Waals surface area contributed by atoms with E-state index >= 15 is 0 Å². The van der Waals surface area contributed by atoms with E-state index in [1.165, 1.54) is 82.8 Å². The summed E-state index contributed by atoms with van der Waals surface area (Å²) in [6.45, 7) is 2.25. The van der Waals surface area contributed by atoms with Gasteiger partial charge in [-0.05, 0) is 31.4 Å². The zero-order valence-corrected chi connectivity index (χ0v) is 16.9. The number of hydrogen-bond acceptors (Lipinski definition) is 2. The maximum absolute atomic E-state index is 10.4. The molecule has 0 fully saturated rings. The van der Waals surface area contributed by atoms with Gasteiger partial charge < -0.3 is 9.52 Å². The van der Waals surface area contributed by atoms with Gasteiger partial charge in [0.2, 0.25) is 0 Å². The Labute approximate surface area is 160 Å². The Bertz CT molecular complexity index is 450. The first-order valence-corrected chi connectivity index (χ1v) is 11.0. The molecule has 0 unspecified atom stereocenters. The molecule has 0 bridgehead atoms. The summed E-state index contributed by atoms with van der Waals surface area (Å²) in [5.41, 5.74) is 0. The molecule has 0 aliphatic heterocycles. The quantitative estimate of drug-likeness (QED) is 0.278. The van der Waals surface area contributed by atoms with Crippen molar-refractivity contribution in [3.05, 3.63) is 23.7 Å². The van der Waals surface area contributed by atoms with Crippen LogP contribution in [0.25, 0.3) is 0 Å². The topological polar surface area (TPSA) is 50.4 Å². The second kappa shape index (κ2) is 16.0. The van der Waals surface area contributed by atoms with Crippen LogP contribution >= 0.6 is 0 Å². The summed E-state index contributed by atoms with van der Waals surface area (Å²) in [6.07, 6.45) is 19.8. The van der Waals surface area contributed by atoms with Crippen molar-refractivity contribution in [2.24, 2.45) is 0 Å². The summed E-state index contributed by atoms with van der Waals surface area (Å²) in [5.74, 6) is 1.67. The Morgan fingerprint density at radius 3 is 1.62 bits per heavy atom. The highest BCUT2D eigenvalue weighted by molar-refractivity contribution is 5.66. The second-order valence-electron chi connectivity index (χ2n) is 7.61. The van der Waals surface area contributed by atoms with Gasteiger partial charge in [0.05, 0.1) is 0 Å². The number of carbonyl (C=O) groups is 1. The largest absolute Gasteiger partial charge is 0.481 e. The van der Waals surface area contributed by atoms with Crippen LogP contribution in [0.3, 0.4) is 0 Å². The molecule has 0 radical (unpaired) electrons. The Kier molecular flexibility index (Phi) is 14.0. The van der Waals surface area contributed by atoms with Gasteiger partial charge in [-0.25, -0.2) is 0 Å². The van der Waals surface area contributed by atoms with Gasteiger partial charge in [-0.3, -0.25) is 4.79 Å². The van der Waals surface area contributed by atoms with Crippen molar-refractivity contribution in [2.45, 2.75) is 116 Å². The van der Waals surface area contributed by atoms with Crippen molar-refractivity contribution in [1.29, 1.82) is 0 Å². The standard InChI is InChI=1S/C23H40O3/c1-2-3-4-13-16-21-19-20-22(26-21)17-14-11-9-7-5-6-8-10-12-15-18-23(24)25/h19-20H,2-18H2,1H3,(H,24,25). The second-order valence-corrected chi connectivity index (χ2v) is 7.61. The van der Waals surface area contributed by atoms with Gasteiger partial charge >= 0.3 is 5.97 Å². The van der Waals surface area contributed by atoms with Crippen LogP contribution in [0, 0.1) is 0 Å².